The van der Waals surface area contributed by atoms with Crippen LogP contribution in [-0.2, 0) is 13.5 Å². The zero-order chi connectivity index (χ0) is 13.8. The average Bonchev–Trinajstić information content (AvgIpc) is 2.77. The van der Waals surface area contributed by atoms with Gasteiger partial charge in [0.2, 0.25) is 0 Å². The van der Waals surface area contributed by atoms with Gasteiger partial charge < -0.3 is 15.0 Å². The predicted octanol–water partition coefficient (Wildman–Crippen LogP) is 1.31. The van der Waals surface area contributed by atoms with Gasteiger partial charge in [-0.2, -0.15) is 0 Å². The Balaban J connectivity index is 2.02. The van der Waals surface area contributed by atoms with Gasteiger partial charge in [-0.05, 0) is 6.07 Å². The number of anilines is 1. The van der Waals surface area contributed by atoms with Crippen LogP contribution in [0.4, 0.5) is 10.2 Å². The third kappa shape index (κ3) is 2.87. The Morgan fingerprint density at radius 1 is 1.47 bits per heavy atom. The highest BCUT2D eigenvalue weighted by molar-refractivity contribution is 5.88. The van der Waals surface area contributed by atoms with Crippen molar-refractivity contribution >= 4 is 11.8 Å². The van der Waals surface area contributed by atoms with Crippen LogP contribution < -0.4 is 5.32 Å². The van der Waals surface area contributed by atoms with Gasteiger partial charge in [0.25, 0.3) is 0 Å². The van der Waals surface area contributed by atoms with Gasteiger partial charge in [-0.15, -0.1) is 0 Å². The van der Waals surface area contributed by atoms with E-state index in [1.54, 1.807) is 6.20 Å². The molecule has 0 spiro atoms. The van der Waals surface area contributed by atoms with E-state index in [0.717, 1.165) is 11.9 Å². The first-order chi connectivity index (χ1) is 9.09. The summed E-state index contributed by atoms with van der Waals surface area (Å²) < 4.78 is 15.6. The fraction of sp³-hybridized carbons (Fsp3) is 0.250. The molecular formula is C12H13FN4O2. The monoisotopic (exact) mass is 264 g/mol. The minimum absolute atomic E-state index is 0.0610. The summed E-state index contributed by atoms with van der Waals surface area (Å²) in [5.41, 5.74) is -0.394. The van der Waals surface area contributed by atoms with Gasteiger partial charge in [0, 0.05) is 38.6 Å². The second-order valence-corrected chi connectivity index (χ2v) is 3.96. The second kappa shape index (κ2) is 5.47. The van der Waals surface area contributed by atoms with Crippen LogP contribution >= 0.6 is 0 Å². The van der Waals surface area contributed by atoms with Crippen molar-refractivity contribution in [3.63, 3.8) is 0 Å². The van der Waals surface area contributed by atoms with Gasteiger partial charge in [-0.3, -0.25) is 0 Å². The van der Waals surface area contributed by atoms with Crippen LogP contribution in [0.2, 0.25) is 0 Å². The van der Waals surface area contributed by atoms with Crippen molar-refractivity contribution in [2.24, 2.45) is 7.05 Å². The molecule has 0 radical (unpaired) electrons. The fourth-order valence-corrected chi connectivity index (χ4v) is 1.66. The third-order valence-corrected chi connectivity index (χ3v) is 2.68. The number of rotatable bonds is 5. The van der Waals surface area contributed by atoms with E-state index in [2.05, 4.69) is 15.3 Å². The lowest BCUT2D eigenvalue weighted by atomic mass is 10.2. The lowest BCUT2D eigenvalue weighted by Crippen LogP contribution is -2.12. The first-order valence-electron chi connectivity index (χ1n) is 5.67. The van der Waals surface area contributed by atoms with E-state index in [1.165, 1.54) is 6.20 Å². The minimum atomic E-state index is -1.31. The summed E-state index contributed by atoms with van der Waals surface area (Å²) in [6.07, 6.45) is 5.34. The predicted molar refractivity (Wildman–Crippen MR) is 66.6 cm³/mol. The number of aromatic nitrogens is 3. The van der Waals surface area contributed by atoms with Gasteiger partial charge >= 0.3 is 5.97 Å². The van der Waals surface area contributed by atoms with E-state index < -0.39 is 17.3 Å². The molecule has 7 heteroatoms. The molecular weight excluding hydrogens is 251 g/mol. The van der Waals surface area contributed by atoms with Crippen molar-refractivity contribution in [2.45, 2.75) is 6.42 Å². The van der Waals surface area contributed by atoms with E-state index in [9.17, 15) is 9.18 Å². The molecule has 0 aliphatic heterocycles. The number of nitrogens with one attached hydrogen (secondary N) is 1. The van der Waals surface area contributed by atoms with Gasteiger partial charge in [-0.25, -0.2) is 19.2 Å². The molecule has 2 aromatic rings. The summed E-state index contributed by atoms with van der Waals surface area (Å²) in [4.78, 5) is 18.7. The Morgan fingerprint density at radius 3 is 2.89 bits per heavy atom. The average molecular weight is 264 g/mol. The number of nitrogens with zero attached hydrogens (tertiary/aromatic N) is 3. The lowest BCUT2D eigenvalue weighted by Gasteiger charge is -2.07. The van der Waals surface area contributed by atoms with Crippen LogP contribution in [0.3, 0.4) is 0 Å². The number of halogens is 1. The van der Waals surface area contributed by atoms with E-state index in [0.29, 0.717) is 13.0 Å². The molecule has 2 N–H and O–H groups in total. The molecule has 0 aliphatic carbocycles. The maximum Gasteiger partial charge on any atom is 0.338 e. The molecule has 100 valence electrons. The molecule has 0 unspecified atom stereocenters. The maximum absolute atomic E-state index is 13.7. The third-order valence-electron chi connectivity index (χ3n) is 2.68. The Bertz CT molecular complexity index is 597. The highest BCUT2D eigenvalue weighted by atomic mass is 19.1. The standard InChI is InChI=1S/C12H13FN4O2/c1-17-7-6-14-9(17)3-5-16-11-10(13)8(12(18)19)2-4-15-11/h2,4,6-7H,3,5H2,1H3,(H,15,16)(H,18,19). The van der Waals surface area contributed by atoms with Gasteiger partial charge in [-0.1, -0.05) is 0 Å². The lowest BCUT2D eigenvalue weighted by molar-refractivity contribution is 0.0692. The molecule has 2 aromatic heterocycles. The van der Waals surface area contributed by atoms with Crippen LogP contribution in [0, 0.1) is 5.82 Å². The number of hydrogen-bond acceptors (Lipinski definition) is 4. The van der Waals surface area contributed by atoms with Crippen molar-refractivity contribution in [3.05, 3.63) is 41.9 Å². The van der Waals surface area contributed by atoms with E-state index >= 15 is 0 Å². The molecule has 0 bridgehead atoms. The molecule has 0 saturated carbocycles. The van der Waals surface area contributed by atoms with Crippen LogP contribution in [0.25, 0.3) is 0 Å². The number of hydrogen-bond donors (Lipinski definition) is 2. The van der Waals surface area contributed by atoms with Gasteiger partial charge in [0.1, 0.15) is 11.4 Å². The molecule has 6 nitrogen and oxygen atoms in total. The van der Waals surface area contributed by atoms with Crippen LogP contribution in [-0.4, -0.2) is 32.2 Å². The van der Waals surface area contributed by atoms with Crippen LogP contribution in [0.1, 0.15) is 16.2 Å². The summed E-state index contributed by atoms with van der Waals surface area (Å²) in [6, 6.07) is 1.13. The molecule has 2 rings (SSSR count). The van der Waals surface area contributed by atoms with Gasteiger partial charge in [0.05, 0.1) is 0 Å². The summed E-state index contributed by atoms with van der Waals surface area (Å²) in [6.45, 7) is 0.415. The highest BCUT2D eigenvalue weighted by Gasteiger charge is 2.14. The Labute approximate surface area is 108 Å². The molecule has 0 saturated heterocycles. The summed E-state index contributed by atoms with van der Waals surface area (Å²) in [5.74, 6) is -1.38. The largest absolute Gasteiger partial charge is 0.478 e. The molecule has 0 aromatic carbocycles. The van der Waals surface area contributed by atoms with Crippen molar-refractivity contribution in [2.75, 3.05) is 11.9 Å². The molecule has 0 atom stereocenters. The number of aryl methyl sites for hydroxylation is 1. The summed E-state index contributed by atoms with van der Waals surface area (Å²) >= 11 is 0. The van der Waals surface area contributed by atoms with Crippen molar-refractivity contribution in [3.8, 4) is 0 Å². The van der Waals surface area contributed by atoms with Crippen molar-refractivity contribution < 1.29 is 14.3 Å². The molecule has 0 fully saturated rings. The SMILES string of the molecule is Cn1ccnc1CCNc1nccc(C(=O)O)c1F. The molecule has 19 heavy (non-hydrogen) atoms. The topological polar surface area (TPSA) is 80.0 Å². The number of carbonyl (C=O) groups is 1. The summed E-state index contributed by atoms with van der Waals surface area (Å²) in [7, 11) is 1.87. The summed E-state index contributed by atoms with van der Waals surface area (Å²) in [5, 5.41) is 11.6. The Kier molecular flexibility index (Phi) is 3.74. The molecule has 0 amide bonds. The normalized spacial score (nSPS) is 10.4. The fourth-order valence-electron chi connectivity index (χ4n) is 1.66. The first kappa shape index (κ1) is 13.0. The minimum Gasteiger partial charge on any atom is -0.478 e. The van der Waals surface area contributed by atoms with Crippen molar-refractivity contribution in [1.82, 2.24) is 14.5 Å². The Morgan fingerprint density at radius 2 is 2.26 bits per heavy atom. The quantitative estimate of drug-likeness (QED) is 0.851. The zero-order valence-corrected chi connectivity index (χ0v) is 10.3. The smallest absolute Gasteiger partial charge is 0.338 e. The van der Waals surface area contributed by atoms with E-state index in [4.69, 9.17) is 5.11 Å². The van der Waals surface area contributed by atoms with Crippen LogP contribution in [0.5, 0.6) is 0 Å². The highest BCUT2D eigenvalue weighted by Crippen LogP contribution is 2.14. The molecule has 0 aliphatic rings. The molecule has 2 heterocycles. The number of pyridine rings is 1. The number of imidazole rings is 1. The van der Waals surface area contributed by atoms with Crippen LogP contribution in [0.15, 0.2) is 24.7 Å². The number of aromatic carboxylic acids is 1. The first-order valence-corrected chi connectivity index (χ1v) is 5.67. The van der Waals surface area contributed by atoms with E-state index in [-0.39, 0.29) is 5.82 Å². The Hall–Kier alpha value is -2.44. The zero-order valence-electron chi connectivity index (χ0n) is 10.3. The second-order valence-electron chi connectivity index (χ2n) is 3.96. The van der Waals surface area contributed by atoms with Gasteiger partial charge in [0.15, 0.2) is 11.6 Å². The number of carboxylic acids is 1. The van der Waals surface area contributed by atoms with Crippen molar-refractivity contribution in [1.29, 1.82) is 0 Å². The maximum atomic E-state index is 13.7. The van der Waals surface area contributed by atoms with E-state index in [1.807, 2.05) is 17.8 Å². The number of carboxylic acid groups (broad SMARTS) is 1.